The molecule has 4 heterocycles. The summed E-state index contributed by atoms with van der Waals surface area (Å²) in [5.74, 6) is 0.378. The number of fused-ring (bicyclic) bond motifs is 8. The van der Waals surface area contributed by atoms with Gasteiger partial charge in [-0.05, 0) is 111 Å². The third-order valence-corrected chi connectivity index (χ3v) is 13.1. The summed E-state index contributed by atoms with van der Waals surface area (Å²) in [4.78, 5) is 8.61. The molecule has 0 spiro atoms. The van der Waals surface area contributed by atoms with Crippen LogP contribution in [0.25, 0.3) is 55.0 Å². The van der Waals surface area contributed by atoms with Gasteiger partial charge in [0, 0.05) is 62.3 Å². The van der Waals surface area contributed by atoms with Gasteiger partial charge in [-0.3, -0.25) is 0 Å². The van der Waals surface area contributed by atoms with Crippen LogP contribution in [0.2, 0.25) is 0 Å². The minimum Gasteiger partial charge on any atom is -0.506 e. The fourth-order valence-corrected chi connectivity index (χ4v) is 10.2. The summed E-state index contributed by atoms with van der Waals surface area (Å²) < 4.78 is 4.69. The quantitative estimate of drug-likeness (QED) is 0.162. The molecule has 0 aliphatic carbocycles. The van der Waals surface area contributed by atoms with E-state index >= 15 is 0 Å². The van der Waals surface area contributed by atoms with Gasteiger partial charge in [0.15, 0.2) is 0 Å². The summed E-state index contributed by atoms with van der Waals surface area (Å²) >= 11 is 0. The molecule has 2 aromatic heterocycles. The Morgan fingerprint density at radius 2 is 0.703 bits per heavy atom. The van der Waals surface area contributed by atoms with E-state index in [1.54, 1.807) is 0 Å². The number of anilines is 6. The average molecular weight is 1020 g/mol. The molecule has 316 valence electrons. The maximum Gasteiger partial charge on any atom is 2.00 e. The van der Waals surface area contributed by atoms with Crippen LogP contribution < -0.4 is 19.6 Å². The molecule has 0 fully saturated rings. The number of hydrogen-bond donors (Lipinski definition) is 2. The van der Waals surface area contributed by atoms with Crippen molar-refractivity contribution >= 4 is 77.7 Å². The summed E-state index contributed by atoms with van der Waals surface area (Å²) in [6, 6.07) is 54.4. The fourth-order valence-electron chi connectivity index (χ4n) is 10.2. The molecule has 10 aromatic rings. The van der Waals surface area contributed by atoms with Gasteiger partial charge >= 0.3 is 21.1 Å². The number of benzene rings is 8. The van der Waals surface area contributed by atoms with Gasteiger partial charge in [-0.15, -0.1) is 13.3 Å². The molecule has 0 bridgehead atoms. The number of aryl methyl sites for hydroxylation is 4. The summed E-state index contributed by atoms with van der Waals surface area (Å²) in [5, 5.41) is 28.1. The van der Waals surface area contributed by atoms with Crippen molar-refractivity contribution in [3.8, 4) is 22.9 Å². The Morgan fingerprint density at radius 1 is 0.375 bits per heavy atom. The van der Waals surface area contributed by atoms with E-state index in [2.05, 4.69) is 191 Å². The van der Waals surface area contributed by atoms with Crippen LogP contribution in [0.15, 0.2) is 158 Å². The smallest absolute Gasteiger partial charge is 0.506 e. The third-order valence-electron chi connectivity index (χ3n) is 13.1. The number of rotatable bonds is 6. The maximum atomic E-state index is 11.6. The fraction of sp³-hybridized carbons (Fsp3) is 0.0909. The van der Waals surface area contributed by atoms with Gasteiger partial charge in [-0.1, -0.05) is 97.1 Å². The van der Waals surface area contributed by atoms with Crippen molar-refractivity contribution in [3.63, 3.8) is 0 Å². The molecule has 0 radical (unpaired) electrons. The molecular formula is C55H44N6O2Pt. The van der Waals surface area contributed by atoms with Gasteiger partial charge < -0.3 is 38.9 Å². The molecule has 2 aliphatic rings. The molecule has 2 aliphatic heterocycles. The number of phenols is 2. The Morgan fingerprint density at radius 3 is 1.05 bits per heavy atom. The van der Waals surface area contributed by atoms with Crippen LogP contribution in [0.3, 0.4) is 0 Å². The minimum absolute atomic E-state index is 0. The van der Waals surface area contributed by atoms with E-state index in [1.165, 1.54) is 43.8 Å². The summed E-state index contributed by atoms with van der Waals surface area (Å²) in [6.45, 7) is 13.3. The van der Waals surface area contributed by atoms with Gasteiger partial charge in [-0.25, -0.2) is 0 Å². The molecular weight excluding hydrogens is 972 g/mol. The molecule has 0 saturated carbocycles. The van der Waals surface area contributed by atoms with Gasteiger partial charge in [-0.2, -0.15) is 0 Å². The molecule has 0 atom stereocenters. The zero-order valence-electron chi connectivity index (χ0n) is 35.8. The van der Waals surface area contributed by atoms with Crippen molar-refractivity contribution < 1.29 is 31.3 Å². The van der Waals surface area contributed by atoms with E-state index < -0.39 is 0 Å². The van der Waals surface area contributed by atoms with E-state index in [0.717, 1.165) is 56.2 Å². The normalized spacial score (nSPS) is 13.4. The first-order chi connectivity index (χ1) is 30.7. The number of nitrogens with zero attached hydrogens (tertiary/aromatic N) is 6. The SMILES string of the molecule is Cc1cccc2c3cccc(C)c3n(-c3ccc(O)c(N4[CH-]N(CN5[CH-]N(c6cc(-n7c8c(C)cccc8c8cccc(C)c87)ccc6O)c6ccccc65)c5ccccc54)c3)c12.[Pt+2]. The standard InChI is InChI=1S/C55H44N6O2.Pt/c1-34-13-9-17-40-41-18-10-14-35(2)53(41)60(52(34)40)38-25-27-50(62)48(29-38)58-32-56(44-21-5-7-23-46(44)58)31-57-33-59(47-24-8-6-22-45(47)57)49-30-39(26-28-51(49)63)61-54-36(3)15-11-19-42(54)43-20-12-16-37(4)55(43)61;/h5-30,32-33,62-63H,31H2,1-4H3;/q-2;+2. The Bertz CT molecular complexity index is 3170. The largest absolute Gasteiger partial charge is 2.00 e. The zero-order valence-corrected chi connectivity index (χ0v) is 38.0. The molecule has 8 aromatic carbocycles. The van der Waals surface area contributed by atoms with Gasteiger partial charge in [0.05, 0.1) is 33.4 Å². The Balaban J connectivity index is 0.00000456. The predicted molar refractivity (Wildman–Crippen MR) is 259 cm³/mol. The Kier molecular flexibility index (Phi) is 9.30. The first-order valence-corrected chi connectivity index (χ1v) is 21.4. The van der Waals surface area contributed by atoms with Crippen LogP contribution in [0, 0.1) is 41.0 Å². The van der Waals surface area contributed by atoms with Crippen LogP contribution >= 0.6 is 0 Å². The third kappa shape index (κ3) is 5.85. The molecule has 0 saturated heterocycles. The molecule has 12 rings (SSSR count). The number of hydrogen-bond acceptors (Lipinski definition) is 6. The number of phenolic OH excluding ortho intramolecular Hbond substituents is 2. The topological polar surface area (TPSA) is 63.3 Å². The van der Waals surface area contributed by atoms with Crippen molar-refractivity contribution in [2.24, 2.45) is 0 Å². The predicted octanol–water partition coefficient (Wildman–Crippen LogP) is 13.3. The summed E-state index contributed by atoms with van der Waals surface area (Å²) in [5.41, 5.74) is 16.7. The van der Waals surface area contributed by atoms with E-state index in [0.29, 0.717) is 18.0 Å². The van der Waals surface area contributed by atoms with Crippen molar-refractivity contribution in [2.45, 2.75) is 27.7 Å². The Hall–Kier alpha value is -7.15. The van der Waals surface area contributed by atoms with E-state index in [4.69, 9.17) is 0 Å². The molecule has 8 nitrogen and oxygen atoms in total. The van der Waals surface area contributed by atoms with Gasteiger partial charge in [0.25, 0.3) is 0 Å². The zero-order chi connectivity index (χ0) is 42.7. The van der Waals surface area contributed by atoms with Crippen molar-refractivity contribution in [1.82, 2.24) is 9.13 Å². The van der Waals surface area contributed by atoms with Crippen molar-refractivity contribution in [2.75, 3.05) is 26.3 Å². The first-order valence-electron chi connectivity index (χ1n) is 21.4. The van der Waals surface area contributed by atoms with Crippen molar-refractivity contribution in [3.05, 3.63) is 193 Å². The molecule has 0 amide bonds. The first kappa shape index (κ1) is 39.7. The van der Waals surface area contributed by atoms with E-state index in [1.807, 2.05) is 36.4 Å². The monoisotopic (exact) mass is 1020 g/mol. The number of aromatic nitrogens is 2. The molecule has 2 N–H and O–H groups in total. The molecule has 0 unspecified atom stereocenters. The Labute approximate surface area is 386 Å². The van der Waals surface area contributed by atoms with Crippen LogP contribution in [-0.2, 0) is 21.1 Å². The number of aromatic hydroxyl groups is 2. The van der Waals surface area contributed by atoms with Crippen molar-refractivity contribution in [1.29, 1.82) is 0 Å². The second kappa shape index (κ2) is 15.0. The van der Waals surface area contributed by atoms with E-state index in [-0.39, 0.29) is 32.6 Å². The summed E-state index contributed by atoms with van der Waals surface area (Å²) in [7, 11) is 0. The van der Waals surface area contributed by atoms with Crippen LogP contribution in [-0.4, -0.2) is 26.0 Å². The molecule has 64 heavy (non-hydrogen) atoms. The number of para-hydroxylation sites is 8. The van der Waals surface area contributed by atoms with Crippen LogP contribution in [0.4, 0.5) is 34.1 Å². The maximum absolute atomic E-state index is 11.6. The van der Waals surface area contributed by atoms with Crippen LogP contribution in [0.1, 0.15) is 22.3 Å². The van der Waals surface area contributed by atoms with Gasteiger partial charge in [0.2, 0.25) is 0 Å². The second-order valence-electron chi connectivity index (χ2n) is 16.9. The van der Waals surface area contributed by atoms with E-state index in [9.17, 15) is 10.2 Å². The second-order valence-corrected chi connectivity index (χ2v) is 16.9. The summed E-state index contributed by atoms with van der Waals surface area (Å²) in [6.07, 6.45) is 0. The molecule has 9 heteroatoms. The average Bonchev–Trinajstić information content (AvgIpc) is 4.05. The van der Waals surface area contributed by atoms with Gasteiger partial charge in [0.1, 0.15) is 11.5 Å². The minimum atomic E-state index is 0. The van der Waals surface area contributed by atoms with Crippen LogP contribution in [0.5, 0.6) is 11.5 Å².